The quantitative estimate of drug-likeness (QED) is 0.824. The van der Waals surface area contributed by atoms with Gasteiger partial charge in [0.1, 0.15) is 11.6 Å². The van der Waals surface area contributed by atoms with E-state index in [-0.39, 0.29) is 18.6 Å². The minimum absolute atomic E-state index is 0.115. The first-order valence-corrected chi connectivity index (χ1v) is 6.51. The Hall–Kier alpha value is -1.62. The predicted octanol–water partition coefficient (Wildman–Crippen LogP) is 1.75. The molecule has 0 unspecified atom stereocenters. The zero-order chi connectivity index (χ0) is 13.8. The molecule has 4 nitrogen and oxygen atoms in total. The zero-order valence-electron chi connectivity index (χ0n) is 11.0. The summed E-state index contributed by atoms with van der Waals surface area (Å²) in [5.41, 5.74) is 6.47. The Balaban J connectivity index is 1.89. The fourth-order valence-electron chi connectivity index (χ4n) is 1.78. The molecule has 1 atom stereocenters. The number of hydrogen-bond acceptors (Lipinski definition) is 3. The van der Waals surface area contributed by atoms with Gasteiger partial charge in [-0.25, -0.2) is 4.39 Å². The fraction of sp³-hybridized carbons (Fsp3) is 0.500. The van der Waals surface area contributed by atoms with Crippen molar-refractivity contribution in [2.45, 2.75) is 25.8 Å². The van der Waals surface area contributed by atoms with Crippen molar-refractivity contribution in [2.24, 2.45) is 11.7 Å². The Morgan fingerprint density at radius 1 is 1.58 bits per heavy atom. The molecular weight excluding hydrogens is 247 g/mol. The first kappa shape index (κ1) is 13.8. The Labute approximate surface area is 112 Å². The van der Waals surface area contributed by atoms with Crippen molar-refractivity contribution in [3.05, 3.63) is 29.6 Å². The van der Waals surface area contributed by atoms with Gasteiger partial charge in [-0.2, -0.15) is 0 Å². The van der Waals surface area contributed by atoms with E-state index in [0.29, 0.717) is 23.8 Å². The number of carbonyl (C=O) groups excluding carboxylic acids is 1. The molecule has 1 aromatic carbocycles. The van der Waals surface area contributed by atoms with Crippen molar-refractivity contribution in [1.29, 1.82) is 0 Å². The topological polar surface area (TPSA) is 64.3 Å². The average Bonchev–Trinajstić information content (AvgIpc) is 3.17. The van der Waals surface area contributed by atoms with Crippen LogP contribution in [0.5, 0.6) is 5.75 Å². The maximum atomic E-state index is 13.2. The summed E-state index contributed by atoms with van der Waals surface area (Å²) in [7, 11) is 0. The molecule has 0 radical (unpaired) electrons. The van der Waals surface area contributed by atoms with E-state index in [9.17, 15) is 9.18 Å². The van der Waals surface area contributed by atoms with Gasteiger partial charge in [0.2, 0.25) is 0 Å². The average molecular weight is 266 g/mol. The van der Waals surface area contributed by atoms with Gasteiger partial charge in [-0.15, -0.1) is 0 Å². The second-order valence-corrected chi connectivity index (χ2v) is 5.01. The monoisotopic (exact) mass is 266 g/mol. The van der Waals surface area contributed by atoms with Crippen LogP contribution in [0, 0.1) is 11.7 Å². The lowest BCUT2D eigenvalue weighted by atomic mass is 10.1. The maximum absolute atomic E-state index is 13.2. The first-order valence-electron chi connectivity index (χ1n) is 6.51. The lowest BCUT2D eigenvalue weighted by Gasteiger charge is -2.14. The molecule has 0 aromatic heterocycles. The number of ether oxygens (including phenoxy) is 1. The second kappa shape index (κ2) is 6.02. The van der Waals surface area contributed by atoms with E-state index in [1.54, 1.807) is 13.0 Å². The Morgan fingerprint density at radius 3 is 2.95 bits per heavy atom. The molecule has 0 spiro atoms. The molecule has 0 bridgehead atoms. The Kier molecular flexibility index (Phi) is 4.37. The molecule has 1 fully saturated rings. The molecule has 1 saturated carbocycles. The van der Waals surface area contributed by atoms with Gasteiger partial charge in [0.15, 0.2) is 6.61 Å². The summed E-state index contributed by atoms with van der Waals surface area (Å²) in [5, 5.41) is 2.79. The minimum Gasteiger partial charge on any atom is -0.483 e. The Bertz CT molecular complexity index is 459. The molecule has 3 N–H and O–H groups in total. The van der Waals surface area contributed by atoms with Crippen LogP contribution in [0.3, 0.4) is 0 Å². The maximum Gasteiger partial charge on any atom is 0.257 e. The summed E-state index contributed by atoms with van der Waals surface area (Å²) in [5.74, 6) is 0.360. The van der Waals surface area contributed by atoms with E-state index in [1.165, 1.54) is 25.0 Å². The van der Waals surface area contributed by atoms with E-state index in [1.807, 2.05) is 0 Å². The van der Waals surface area contributed by atoms with Crippen LogP contribution in [-0.4, -0.2) is 19.1 Å². The lowest BCUT2D eigenvalue weighted by Crippen LogP contribution is -2.30. The fourth-order valence-corrected chi connectivity index (χ4v) is 1.78. The van der Waals surface area contributed by atoms with Crippen molar-refractivity contribution >= 4 is 5.91 Å². The van der Waals surface area contributed by atoms with Crippen LogP contribution < -0.4 is 15.8 Å². The molecule has 2 rings (SSSR count). The van der Waals surface area contributed by atoms with Crippen LogP contribution >= 0.6 is 0 Å². The summed E-state index contributed by atoms with van der Waals surface area (Å²) in [6.07, 6.45) is 2.36. The SMILES string of the molecule is C[C@H](N)c1ccc(F)cc1OCC(=O)NCC1CC1. The third-order valence-corrected chi connectivity index (χ3v) is 3.11. The number of nitrogens with one attached hydrogen (secondary N) is 1. The standard InChI is InChI=1S/C14H19FN2O2/c1-9(16)12-5-4-11(15)6-13(12)19-8-14(18)17-7-10-2-3-10/h4-6,9-10H,2-3,7-8,16H2,1H3,(H,17,18)/t9-/m0/s1. The third kappa shape index (κ3) is 4.21. The highest BCUT2D eigenvalue weighted by Crippen LogP contribution is 2.27. The summed E-state index contributed by atoms with van der Waals surface area (Å²) < 4.78 is 18.5. The highest BCUT2D eigenvalue weighted by Gasteiger charge is 2.21. The number of hydrogen-bond donors (Lipinski definition) is 2. The number of carbonyl (C=O) groups is 1. The molecule has 5 heteroatoms. The minimum atomic E-state index is -0.405. The van der Waals surface area contributed by atoms with Crippen molar-refractivity contribution < 1.29 is 13.9 Å². The smallest absolute Gasteiger partial charge is 0.257 e. The van der Waals surface area contributed by atoms with Crippen molar-refractivity contribution in [3.8, 4) is 5.75 Å². The number of amides is 1. The molecule has 19 heavy (non-hydrogen) atoms. The summed E-state index contributed by atoms with van der Waals surface area (Å²) in [4.78, 5) is 11.6. The molecule has 0 saturated heterocycles. The van der Waals surface area contributed by atoms with Gasteiger partial charge >= 0.3 is 0 Å². The summed E-state index contributed by atoms with van der Waals surface area (Å²) in [6.45, 7) is 2.37. The largest absolute Gasteiger partial charge is 0.483 e. The van der Waals surface area contributed by atoms with Crippen LogP contribution in [-0.2, 0) is 4.79 Å². The van der Waals surface area contributed by atoms with Gasteiger partial charge in [0.05, 0.1) is 0 Å². The first-order chi connectivity index (χ1) is 9.06. The van der Waals surface area contributed by atoms with Gasteiger partial charge in [0.25, 0.3) is 5.91 Å². The number of rotatable bonds is 6. The van der Waals surface area contributed by atoms with Gasteiger partial charge < -0.3 is 15.8 Å². The number of halogens is 1. The second-order valence-electron chi connectivity index (χ2n) is 5.01. The third-order valence-electron chi connectivity index (χ3n) is 3.11. The molecule has 1 aliphatic carbocycles. The van der Waals surface area contributed by atoms with Crippen LogP contribution in [0.2, 0.25) is 0 Å². The molecule has 0 aliphatic heterocycles. The van der Waals surface area contributed by atoms with E-state index < -0.39 is 5.82 Å². The summed E-state index contributed by atoms with van der Waals surface area (Å²) in [6, 6.07) is 3.90. The highest BCUT2D eigenvalue weighted by atomic mass is 19.1. The zero-order valence-corrected chi connectivity index (χ0v) is 11.0. The Morgan fingerprint density at radius 2 is 2.32 bits per heavy atom. The van der Waals surface area contributed by atoms with Crippen molar-refractivity contribution in [3.63, 3.8) is 0 Å². The molecular formula is C14H19FN2O2. The van der Waals surface area contributed by atoms with Gasteiger partial charge in [-0.3, -0.25) is 4.79 Å². The number of nitrogens with two attached hydrogens (primary N) is 1. The molecule has 0 heterocycles. The van der Waals surface area contributed by atoms with Gasteiger partial charge in [-0.1, -0.05) is 6.07 Å². The van der Waals surface area contributed by atoms with Gasteiger partial charge in [-0.05, 0) is 31.7 Å². The van der Waals surface area contributed by atoms with Crippen molar-refractivity contribution in [2.75, 3.05) is 13.2 Å². The normalized spacial score (nSPS) is 15.9. The number of benzene rings is 1. The van der Waals surface area contributed by atoms with E-state index >= 15 is 0 Å². The molecule has 1 aliphatic rings. The lowest BCUT2D eigenvalue weighted by molar-refractivity contribution is -0.123. The van der Waals surface area contributed by atoms with E-state index in [4.69, 9.17) is 10.5 Å². The van der Waals surface area contributed by atoms with Crippen LogP contribution in [0.1, 0.15) is 31.4 Å². The molecule has 1 aromatic rings. The summed E-state index contributed by atoms with van der Waals surface area (Å²) >= 11 is 0. The predicted molar refractivity (Wildman–Crippen MR) is 70.2 cm³/mol. The van der Waals surface area contributed by atoms with E-state index in [0.717, 1.165) is 0 Å². The molecule has 1 amide bonds. The molecule has 104 valence electrons. The van der Waals surface area contributed by atoms with Crippen molar-refractivity contribution in [1.82, 2.24) is 5.32 Å². The van der Waals surface area contributed by atoms with Crippen LogP contribution in [0.25, 0.3) is 0 Å². The van der Waals surface area contributed by atoms with Crippen LogP contribution in [0.4, 0.5) is 4.39 Å². The van der Waals surface area contributed by atoms with E-state index in [2.05, 4.69) is 5.32 Å². The highest BCUT2D eigenvalue weighted by molar-refractivity contribution is 5.77. The van der Waals surface area contributed by atoms with Gasteiger partial charge in [0, 0.05) is 24.2 Å². The van der Waals surface area contributed by atoms with Crippen LogP contribution in [0.15, 0.2) is 18.2 Å².